The highest BCUT2D eigenvalue weighted by Gasteiger charge is 2.08. The lowest BCUT2D eigenvalue weighted by Gasteiger charge is -2.03. The van der Waals surface area contributed by atoms with E-state index in [-0.39, 0.29) is 5.75 Å². The predicted molar refractivity (Wildman–Crippen MR) is 71.2 cm³/mol. The van der Waals surface area contributed by atoms with Gasteiger partial charge >= 0.3 is 5.97 Å². The van der Waals surface area contributed by atoms with E-state index in [9.17, 15) is 4.79 Å². The van der Waals surface area contributed by atoms with Crippen molar-refractivity contribution in [2.75, 3.05) is 5.75 Å². The maximum absolute atomic E-state index is 10.5. The maximum Gasteiger partial charge on any atom is 0.313 e. The number of aryl methyl sites for hydroxylation is 1. The van der Waals surface area contributed by atoms with Crippen LogP contribution in [-0.4, -0.2) is 31.4 Å². The summed E-state index contributed by atoms with van der Waals surface area (Å²) < 4.78 is 1.92. The number of carboxylic acid groups (broad SMARTS) is 1. The molecule has 0 saturated carbocycles. The minimum Gasteiger partial charge on any atom is -0.481 e. The largest absolute Gasteiger partial charge is 0.481 e. The van der Waals surface area contributed by atoms with Crippen molar-refractivity contribution in [1.29, 1.82) is 0 Å². The van der Waals surface area contributed by atoms with Gasteiger partial charge in [-0.05, 0) is 6.42 Å². The summed E-state index contributed by atoms with van der Waals surface area (Å²) >= 11 is 2.90. The fraction of sp³-hybridized carbons (Fsp3) is 0.364. The molecule has 0 bridgehead atoms. The van der Waals surface area contributed by atoms with E-state index in [1.165, 1.54) is 16.6 Å². The lowest BCUT2D eigenvalue weighted by molar-refractivity contribution is -0.133. The molecule has 2 heterocycles. The van der Waals surface area contributed by atoms with Crippen molar-refractivity contribution in [1.82, 2.24) is 14.5 Å². The van der Waals surface area contributed by atoms with Gasteiger partial charge in [0.25, 0.3) is 0 Å². The number of carboxylic acids is 1. The third-order valence-electron chi connectivity index (χ3n) is 2.26. The Hall–Kier alpha value is -1.34. The molecule has 0 fully saturated rings. The van der Waals surface area contributed by atoms with E-state index in [2.05, 4.69) is 16.9 Å². The van der Waals surface area contributed by atoms with Gasteiger partial charge in [0.2, 0.25) is 0 Å². The molecular formula is C11H13N3O2S2. The second-order valence-corrected chi connectivity index (χ2v) is 5.74. The zero-order chi connectivity index (χ0) is 13.0. The van der Waals surface area contributed by atoms with Crippen LogP contribution < -0.4 is 0 Å². The van der Waals surface area contributed by atoms with Gasteiger partial charge in [0, 0.05) is 23.5 Å². The van der Waals surface area contributed by atoms with Crippen molar-refractivity contribution < 1.29 is 9.90 Å². The summed E-state index contributed by atoms with van der Waals surface area (Å²) in [6.07, 6.45) is 6.40. The predicted octanol–water partition coefficient (Wildman–Crippen LogP) is 2.13. The molecule has 7 heteroatoms. The molecule has 0 saturated heterocycles. The second kappa shape index (κ2) is 6.01. The van der Waals surface area contributed by atoms with Crippen LogP contribution in [0.25, 0.3) is 0 Å². The Morgan fingerprint density at radius 3 is 3.06 bits per heavy atom. The molecule has 0 aromatic carbocycles. The van der Waals surface area contributed by atoms with Gasteiger partial charge in [0.15, 0.2) is 5.16 Å². The Kier molecular flexibility index (Phi) is 4.38. The first-order valence-electron chi connectivity index (χ1n) is 5.48. The van der Waals surface area contributed by atoms with Gasteiger partial charge in [0.1, 0.15) is 5.01 Å². The van der Waals surface area contributed by atoms with Gasteiger partial charge in [-0.3, -0.25) is 4.79 Å². The molecule has 0 amide bonds. The zero-order valence-electron chi connectivity index (χ0n) is 9.87. The number of nitrogens with zero attached hydrogens (tertiary/aromatic N) is 3. The Balaban J connectivity index is 2.04. The van der Waals surface area contributed by atoms with Crippen molar-refractivity contribution in [3.63, 3.8) is 0 Å². The molecule has 1 N–H and O–H groups in total. The summed E-state index contributed by atoms with van der Waals surface area (Å²) in [6, 6.07) is 0. The lowest BCUT2D eigenvalue weighted by atomic mass is 10.4. The molecule has 18 heavy (non-hydrogen) atoms. The zero-order valence-corrected chi connectivity index (χ0v) is 11.5. The van der Waals surface area contributed by atoms with E-state index in [1.54, 1.807) is 17.5 Å². The van der Waals surface area contributed by atoms with E-state index in [0.717, 1.165) is 11.4 Å². The molecule has 2 aromatic heterocycles. The summed E-state index contributed by atoms with van der Waals surface area (Å²) in [4.78, 5) is 20.3. The minimum atomic E-state index is -0.836. The van der Waals surface area contributed by atoms with Crippen molar-refractivity contribution in [3.8, 4) is 0 Å². The average Bonchev–Trinajstić information content (AvgIpc) is 2.96. The Morgan fingerprint density at radius 1 is 1.56 bits per heavy atom. The molecule has 0 spiro atoms. The molecule has 5 nitrogen and oxygen atoms in total. The number of hydrogen-bond donors (Lipinski definition) is 1. The lowest BCUT2D eigenvalue weighted by Crippen LogP contribution is -2.03. The van der Waals surface area contributed by atoms with E-state index in [4.69, 9.17) is 5.11 Å². The summed E-state index contributed by atoms with van der Waals surface area (Å²) in [5.41, 5.74) is 0. The molecule has 0 aliphatic rings. The van der Waals surface area contributed by atoms with Crippen molar-refractivity contribution in [3.05, 3.63) is 28.5 Å². The third kappa shape index (κ3) is 3.33. The van der Waals surface area contributed by atoms with Crippen molar-refractivity contribution >= 4 is 29.1 Å². The highest BCUT2D eigenvalue weighted by molar-refractivity contribution is 7.99. The molecule has 0 unspecified atom stereocenters. The number of carbonyl (C=O) groups is 1. The molecule has 2 aromatic rings. The summed E-state index contributed by atoms with van der Waals surface area (Å²) in [6.45, 7) is 2.75. The Labute approximate surface area is 113 Å². The van der Waals surface area contributed by atoms with Gasteiger partial charge in [-0.25, -0.2) is 9.97 Å². The molecule has 96 valence electrons. The van der Waals surface area contributed by atoms with Crippen LogP contribution in [0, 0.1) is 0 Å². The van der Waals surface area contributed by atoms with Gasteiger partial charge < -0.3 is 9.67 Å². The van der Waals surface area contributed by atoms with Gasteiger partial charge in [-0.2, -0.15) is 0 Å². The molecule has 0 atom stereocenters. The first kappa shape index (κ1) is 13.1. The van der Waals surface area contributed by atoms with Crippen molar-refractivity contribution in [2.24, 2.45) is 0 Å². The number of thioether (sulfide) groups is 1. The standard InChI is InChI=1S/C11H13N3O2S2/c1-2-8-5-13-9(18-8)6-14-4-3-12-11(14)17-7-10(15)16/h3-5H,2,6-7H2,1H3,(H,15,16). The van der Waals surface area contributed by atoms with Crippen molar-refractivity contribution in [2.45, 2.75) is 25.0 Å². The number of rotatable bonds is 6. The van der Waals surface area contributed by atoms with E-state index in [1.807, 2.05) is 17.0 Å². The van der Waals surface area contributed by atoms with Gasteiger partial charge in [-0.1, -0.05) is 18.7 Å². The molecule has 0 aliphatic heterocycles. The van der Waals surface area contributed by atoms with Crippen LogP contribution in [0.15, 0.2) is 23.7 Å². The van der Waals surface area contributed by atoms with Crippen LogP contribution in [0.2, 0.25) is 0 Å². The van der Waals surface area contributed by atoms with Crippen LogP contribution in [0.3, 0.4) is 0 Å². The molecule has 0 aliphatic carbocycles. The highest BCUT2D eigenvalue weighted by Crippen LogP contribution is 2.19. The number of aromatic nitrogens is 3. The third-order valence-corrected chi connectivity index (χ3v) is 4.37. The first-order valence-corrected chi connectivity index (χ1v) is 7.28. The number of thiazole rings is 1. The summed E-state index contributed by atoms with van der Waals surface area (Å²) in [5, 5.41) is 10.4. The Bertz CT molecular complexity index is 536. The van der Waals surface area contributed by atoms with E-state index >= 15 is 0 Å². The van der Waals surface area contributed by atoms with Crippen LogP contribution >= 0.6 is 23.1 Å². The monoisotopic (exact) mass is 283 g/mol. The average molecular weight is 283 g/mol. The van der Waals surface area contributed by atoms with Gasteiger partial charge in [-0.15, -0.1) is 11.3 Å². The van der Waals surface area contributed by atoms with Crippen LogP contribution in [0.1, 0.15) is 16.8 Å². The molecule has 2 rings (SSSR count). The molecular weight excluding hydrogens is 270 g/mol. The quantitative estimate of drug-likeness (QED) is 0.823. The number of imidazole rings is 1. The van der Waals surface area contributed by atoms with E-state index in [0.29, 0.717) is 11.7 Å². The van der Waals surface area contributed by atoms with Gasteiger partial charge in [0.05, 0.1) is 12.3 Å². The summed E-state index contributed by atoms with van der Waals surface area (Å²) in [5.74, 6) is -0.813. The topological polar surface area (TPSA) is 68.0 Å². The maximum atomic E-state index is 10.5. The molecule has 0 radical (unpaired) electrons. The fourth-order valence-electron chi connectivity index (χ4n) is 1.41. The highest BCUT2D eigenvalue weighted by atomic mass is 32.2. The van der Waals surface area contributed by atoms with E-state index < -0.39 is 5.97 Å². The SMILES string of the molecule is CCc1cnc(Cn2ccnc2SCC(=O)O)s1. The van der Waals surface area contributed by atoms with Crippen LogP contribution in [0.4, 0.5) is 0 Å². The smallest absolute Gasteiger partial charge is 0.313 e. The second-order valence-electron chi connectivity index (χ2n) is 3.59. The van der Waals surface area contributed by atoms with Crippen LogP contribution in [0.5, 0.6) is 0 Å². The fourth-order valence-corrected chi connectivity index (χ4v) is 2.95. The summed E-state index contributed by atoms with van der Waals surface area (Å²) in [7, 11) is 0. The minimum absolute atomic E-state index is 0.0229. The Morgan fingerprint density at radius 2 is 2.39 bits per heavy atom. The first-order chi connectivity index (χ1) is 8.69. The normalized spacial score (nSPS) is 10.7. The van der Waals surface area contributed by atoms with Crippen LogP contribution in [-0.2, 0) is 17.8 Å². The number of hydrogen-bond acceptors (Lipinski definition) is 5. The number of aliphatic carboxylic acids is 1.